The van der Waals surface area contributed by atoms with Crippen LogP contribution in [0.5, 0.6) is 0 Å². The molecule has 60 heavy (non-hydrogen) atoms. The lowest BCUT2D eigenvalue weighted by molar-refractivity contribution is -0.142. The minimum atomic E-state index is -4.50. The van der Waals surface area contributed by atoms with Crippen molar-refractivity contribution >= 4 is 24.0 Å². The van der Waals surface area contributed by atoms with Crippen molar-refractivity contribution < 1.29 is 46.1 Å². The summed E-state index contributed by atoms with van der Waals surface area (Å²) in [4.78, 5) is 55.2. The second-order valence-electron chi connectivity index (χ2n) is 17.0. The summed E-state index contributed by atoms with van der Waals surface area (Å²) in [6.45, 7) is 2.07. The van der Waals surface area contributed by atoms with Crippen molar-refractivity contribution in [2.75, 3.05) is 39.4 Å². The summed E-state index contributed by atoms with van der Waals surface area (Å²) in [6.07, 6.45) is 2.12. The van der Waals surface area contributed by atoms with E-state index in [-0.39, 0.29) is 48.3 Å². The van der Waals surface area contributed by atoms with Crippen molar-refractivity contribution in [1.82, 2.24) is 29.6 Å². The lowest BCUT2D eigenvalue weighted by Crippen LogP contribution is -2.50. The first kappa shape index (κ1) is 43.8. The fourth-order valence-electron chi connectivity index (χ4n) is 10.1. The Morgan fingerprint density at radius 3 is 1.33 bits per heavy atom. The number of rotatable bonds is 12. The number of fused-ring (bicyclic) bond motifs is 6. The van der Waals surface area contributed by atoms with Crippen molar-refractivity contribution in [3.8, 4) is 0 Å². The highest BCUT2D eigenvalue weighted by atomic mass is 19.4. The van der Waals surface area contributed by atoms with Crippen molar-refractivity contribution in [3.05, 3.63) is 79.6 Å². The Labute approximate surface area is 342 Å². The summed E-state index contributed by atoms with van der Waals surface area (Å²) in [6, 6.07) is 5.01. The molecule has 8 rings (SSSR count). The summed E-state index contributed by atoms with van der Waals surface area (Å²) in [5, 5.41) is 24.2. The van der Waals surface area contributed by atoms with Crippen molar-refractivity contribution in [1.29, 1.82) is 0 Å². The van der Waals surface area contributed by atoms with E-state index in [4.69, 9.17) is 0 Å². The molecule has 2 aromatic heterocycles. The van der Waals surface area contributed by atoms with E-state index in [0.29, 0.717) is 49.1 Å². The van der Waals surface area contributed by atoms with Gasteiger partial charge in [0.15, 0.2) is 0 Å². The predicted octanol–water partition coefficient (Wildman–Crippen LogP) is 3.87. The molecule has 4 fully saturated rings. The smallest absolute Gasteiger partial charge is 0.396 e. The normalized spacial score (nSPS) is 28.7. The van der Waals surface area contributed by atoms with E-state index in [0.717, 1.165) is 37.1 Å². The Balaban J connectivity index is 0.000000181. The molecule has 6 aliphatic rings. The summed E-state index contributed by atoms with van der Waals surface area (Å²) in [5.41, 5.74) is 2.42. The Bertz CT molecular complexity index is 1960. The SMILES string of the molecule is C/C=C/c1ccc2n(c1=O)C[C@H]1[C@H](CO)[C@@H](C(=O)NCC(F)(F)F)N(CC3CC3)[C@@H]21.C/C=C\c1ccc2n(c1=O)C[C@H]1[C@H](CO)[C@@H](C(=O)NCC(F)(F)F)N(CC3CC3)[C@@H]21. The van der Waals surface area contributed by atoms with Crippen LogP contribution in [0.2, 0.25) is 0 Å². The molecule has 0 bridgehead atoms. The van der Waals surface area contributed by atoms with Gasteiger partial charge in [-0.25, -0.2) is 0 Å². The van der Waals surface area contributed by atoms with E-state index in [1.54, 1.807) is 45.6 Å². The number of carbonyl (C=O) groups excluding carboxylic acids is 2. The van der Waals surface area contributed by atoms with Gasteiger partial charge in [0, 0.05) is 85.6 Å². The minimum absolute atomic E-state index is 0.124. The highest BCUT2D eigenvalue weighted by Gasteiger charge is 2.58. The molecule has 2 saturated carbocycles. The number of aliphatic hydroxyl groups excluding tert-OH is 2. The molecule has 328 valence electrons. The van der Waals surface area contributed by atoms with E-state index in [1.165, 1.54) is 0 Å². The van der Waals surface area contributed by atoms with Crippen LogP contribution in [0, 0.1) is 35.5 Å². The van der Waals surface area contributed by atoms with E-state index >= 15 is 0 Å². The van der Waals surface area contributed by atoms with Gasteiger partial charge in [0.2, 0.25) is 11.8 Å². The number of carbonyl (C=O) groups is 2. The van der Waals surface area contributed by atoms with Gasteiger partial charge in [-0.3, -0.25) is 29.0 Å². The molecular weight excluding hydrogens is 798 g/mol. The van der Waals surface area contributed by atoms with E-state index in [2.05, 4.69) is 0 Å². The number of likely N-dealkylation sites (tertiary alicyclic amines) is 2. The van der Waals surface area contributed by atoms with Crippen LogP contribution in [-0.2, 0) is 22.7 Å². The second-order valence-corrected chi connectivity index (χ2v) is 17.0. The predicted molar refractivity (Wildman–Crippen MR) is 209 cm³/mol. The number of nitrogens with one attached hydrogen (secondary N) is 2. The van der Waals surface area contributed by atoms with Gasteiger partial charge in [-0.05, 0) is 75.6 Å². The number of nitrogens with zero attached hydrogens (tertiary/aromatic N) is 4. The molecule has 2 aliphatic carbocycles. The third-order valence-corrected chi connectivity index (χ3v) is 12.9. The number of hydrogen-bond acceptors (Lipinski definition) is 8. The van der Waals surface area contributed by atoms with Crippen LogP contribution in [0.3, 0.4) is 0 Å². The number of aromatic nitrogens is 2. The number of pyridine rings is 2. The van der Waals surface area contributed by atoms with E-state index in [9.17, 15) is 55.7 Å². The zero-order chi connectivity index (χ0) is 43.3. The number of amides is 2. The molecule has 6 heterocycles. The number of allylic oxidation sites excluding steroid dienone is 2. The molecule has 0 aromatic carbocycles. The van der Waals surface area contributed by atoms with Crippen LogP contribution >= 0.6 is 0 Å². The van der Waals surface area contributed by atoms with E-state index in [1.807, 2.05) is 46.4 Å². The third-order valence-electron chi connectivity index (χ3n) is 12.9. The molecule has 12 nitrogen and oxygen atoms in total. The summed E-state index contributed by atoms with van der Waals surface area (Å²) < 4.78 is 79.3. The fraction of sp³-hybridized carbons (Fsp3) is 0.619. The molecular formula is C42H52F6N6O6. The van der Waals surface area contributed by atoms with Crippen LogP contribution in [0.15, 0.2) is 46.0 Å². The Morgan fingerprint density at radius 2 is 1.03 bits per heavy atom. The molecule has 4 aliphatic heterocycles. The molecule has 18 heteroatoms. The quantitative estimate of drug-likeness (QED) is 0.236. The number of halogens is 6. The molecule has 0 spiro atoms. The van der Waals surface area contributed by atoms with Gasteiger partial charge >= 0.3 is 12.4 Å². The highest BCUT2D eigenvalue weighted by Crippen LogP contribution is 2.52. The third kappa shape index (κ3) is 8.88. The summed E-state index contributed by atoms with van der Waals surface area (Å²) in [7, 11) is 0. The maximum Gasteiger partial charge on any atom is 0.405 e. The first-order chi connectivity index (χ1) is 28.5. The molecule has 2 saturated heterocycles. The first-order valence-corrected chi connectivity index (χ1v) is 20.6. The highest BCUT2D eigenvalue weighted by molar-refractivity contribution is 5.83. The number of alkyl halides is 6. The molecule has 0 radical (unpaired) electrons. The van der Waals surface area contributed by atoms with Crippen molar-refractivity contribution in [2.24, 2.45) is 35.5 Å². The Morgan fingerprint density at radius 1 is 0.667 bits per heavy atom. The topological polar surface area (TPSA) is 149 Å². The standard InChI is InChI=1S/2C21H26F3N3O3/c2*1-2-3-13-6-7-16-17-14(9-26(16)20(13)30)15(10-28)18(27(17)8-12-4-5-12)19(29)25-11-21(22,23)24/h2*2-3,6-7,12,14-15,17-18,28H,4-5,8-11H2,1H3,(H,25,29)/b3-2+;3-2-/t2*14-,15-,17+,18-/m00/s1. The van der Waals surface area contributed by atoms with Gasteiger partial charge in [0.25, 0.3) is 11.1 Å². The number of hydrogen-bond donors (Lipinski definition) is 4. The lowest BCUT2D eigenvalue weighted by atomic mass is 9.88. The molecule has 4 N–H and O–H groups in total. The van der Waals surface area contributed by atoms with Gasteiger partial charge in [-0.1, -0.05) is 24.3 Å². The van der Waals surface area contributed by atoms with Gasteiger partial charge in [0.1, 0.15) is 13.1 Å². The Kier molecular flexibility index (Phi) is 12.6. The monoisotopic (exact) mass is 850 g/mol. The zero-order valence-corrected chi connectivity index (χ0v) is 33.5. The van der Waals surface area contributed by atoms with Crippen LogP contribution in [0.4, 0.5) is 26.3 Å². The van der Waals surface area contributed by atoms with Gasteiger partial charge in [0.05, 0.1) is 24.2 Å². The van der Waals surface area contributed by atoms with Gasteiger partial charge < -0.3 is 30.0 Å². The van der Waals surface area contributed by atoms with Gasteiger partial charge in [-0.15, -0.1) is 0 Å². The zero-order valence-electron chi connectivity index (χ0n) is 33.5. The maximum absolute atomic E-state index is 12.9. The van der Waals surface area contributed by atoms with Crippen molar-refractivity contribution in [3.63, 3.8) is 0 Å². The number of aliphatic hydroxyl groups is 2. The molecule has 2 aromatic rings. The second kappa shape index (κ2) is 17.2. The van der Waals surface area contributed by atoms with E-state index < -0.39 is 61.2 Å². The van der Waals surface area contributed by atoms with Crippen LogP contribution < -0.4 is 21.8 Å². The molecule has 2 amide bonds. The van der Waals surface area contributed by atoms with Crippen LogP contribution in [0.25, 0.3) is 12.2 Å². The van der Waals surface area contributed by atoms with Crippen molar-refractivity contribution in [2.45, 2.75) is 89.1 Å². The lowest BCUT2D eigenvalue weighted by Gasteiger charge is -2.31. The van der Waals surface area contributed by atoms with Crippen LogP contribution in [-0.4, -0.2) is 105 Å². The Hall–Kier alpha value is -4.26. The largest absolute Gasteiger partial charge is 0.405 e. The van der Waals surface area contributed by atoms with Gasteiger partial charge in [-0.2, -0.15) is 26.3 Å². The van der Waals surface area contributed by atoms with Crippen LogP contribution in [0.1, 0.15) is 74.1 Å². The summed E-state index contributed by atoms with van der Waals surface area (Å²) in [5.74, 6) is -2.11. The maximum atomic E-state index is 12.9. The first-order valence-electron chi connectivity index (χ1n) is 20.6. The fourth-order valence-corrected chi connectivity index (χ4v) is 10.1. The molecule has 8 atom stereocenters. The molecule has 0 unspecified atom stereocenters. The minimum Gasteiger partial charge on any atom is -0.396 e. The average Bonchev–Trinajstić information content (AvgIpc) is 4.07. The summed E-state index contributed by atoms with van der Waals surface area (Å²) >= 11 is 0. The average molecular weight is 851 g/mol.